The Balaban J connectivity index is 3.27. The highest BCUT2D eigenvalue weighted by Gasteiger charge is 2.29. The monoisotopic (exact) mass is 232 g/mol. The van der Waals surface area contributed by atoms with Crippen LogP contribution in [0.3, 0.4) is 0 Å². The van der Waals surface area contributed by atoms with Gasteiger partial charge in [0.05, 0.1) is 7.11 Å². The van der Waals surface area contributed by atoms with Crippen molar-refractivity contribution in [1.82, 2.24) is 4.57 Å². The van der Waals surface area contributed by atoms with E-state index in [0.717, 1.165) is 12.3 Å². The zero-order chi connectivity index (χ0) is 12.3. The molecule has 0 fully saturated rings. The Labute approximate surface area is 88.5 Å². The van der Waals surface area contributed by atoms with Gasteiger partial charge in [-0.25, -0.2) is 0 Å². The number of rotatable bonds is 2. The normalized spacial score (nSPS) is 10.9. The number of hydrogen-bond donors (Lipinski definition) is 0. The van der Waals surface area contributed by atoms with Crippen LogP contribution in [0.4, 0.5) is 13.2 Å². The first-order chi connectivity index (χ1) is 7.39. The molecule has 0 saturated heterocycles. The summed E-state index contributed by atoms with van der Waals surface area (Å²) in [4.78, 5) is 11.4. The summed E-state index contributed by atoms with van der Waals surface area (Å²) in [6, 6.07) is 2.66. The van der Waals surface area contributed by atoms with Crippen molar-refractivity contribution < 1.29 is 17.9 Å². The zero-order valence-electron chi connectivity index (χ0n) is 8.21. The lowest BCUT2D eigenvalue weighted by molar-refractivity contribution is -0.141. The predicted octanol–water partition coefficient (Wildman–Crippen LogP) is 1.29. The molecule has 0 aliphatic carbocycles. The number of ether oxygens (including phenoxy) is 1. The first kappa shape index (κ1) is 12.1. The van der Waals surface area contributed by atoms with E-state index in [-0.39, 0.29) is 5.75 Å². The summed E-state index contributed by atoms with van der Waals surface area (Å²) in [5.41, 5.74) is -1.45. The first-order valence-corrected chi connectivity index (χ1v) is 4.13. The molecule has 1 aromatic heterocycles. The van der Waals surface area contributed by atoms with E-state index < -0.39 is 23.8 Å². The average Bonchev–Trinajstić information content (AvgIpc) is 2.19. The highest BCUT2D eigenvalue weighted by Crippen LogP contribution is 2.18. The van der Waals surface area contributed by atoms with E-state index in [1.807, 2.05) is 0 Å². The number of pyridine rings is 1. The van der Waals surface area contributed by atoms with Gasteiger partial charge >= 0.3 is 6.18 Å². The maximum atomic E-state index is 12.1. The molecule has 7 heteroatoms. The van der Waals surface area contributed by atoms with Crippen LogP contribution in [-0.2, 0) is 6.54 Å². The second-order valence-electron chi connectivity index (χ2n) is 2.92. The number of methoxy groups -OCH3 is 1. The molecule has 0 amide bonds. The van der Waals surface area contributed by atoms with Crippen molar-refractivity contribution in [3.05, 3.63) is 28.2 Å². The minimum atomic E-state index is -4.51. The summed E-state index contributed by atoms with van der Waals surface area (Å²) < 4.78 is 41.3. The number of nitrogens with zero attached hydrogens (tertiary/aromatic N) is 2. The van der Waals surface area contributed by atoms with Crippen LogP contribution in [0.5, 0.6) is 5.75 Å². The van der Waals surface area contributed by atoms with E-state index >= 15 is 0 Å². The number of alkyl halides is 3. The van der Waals surface area contributed by atoms with Crippen LogP contribution in [0.1, 0.15) is 5.56 Å². The molecule has 0 aliphatic heterocycles. The SMILES string of the molecule is COc1ccn(CC(F)(F)F)c(=O)c1C#N. The summed E-state index contributed by atoms with van der Waals surface area (Å²) in [5, 5.41) is 8.63. The fourth-order valence-electron chi connectivity index (χ4n) is 1.15. The van der Waals surface area contributed by atoms with E-state index in [9.17, 15) is 18.0 Å². The minimum Gasteiger partial charge on any atom is -0.495 e. The number of nitriles is 1. The lowest BCUT2D eigenvalue weighted by atomic mass is 10.2. The molecule has 16 heavy (non-hydrogen) atoms. The van der Waals surface area contributed by atoms with Crippen LogP contribution in [0.15, 0.2) is 17.1 Å². The van der Waals surface area contributed by atoms with Gasteiger partial charge in [0.1, 0.15) is 18.4 Å². The van der Waals surface area contributed by atoms with E-state index in [0.29, 0.717) is 4.57 Å². The minimum absolute atomic E-state index is 0.0362. The molecular formula is C9H7F3N2O2. The van der Waals surface area contributed by atoms with Crippen LogP contribution in [0, 0.1) is 11.3 Å². The van der Waals surface area contributed by atoms with Crippen molar-refractivity contribution in [1.29, 1.82) is 5.26 Å². The van der Waals surface area contributed by atoms with E-state index in [4.69, 9.17) is 5.26 Å². The Morgan fingerprint density at radius 1 is 1.56 bits per heavy atom. The fraction of sp³-hybridized carbons (Fsp3) is 0.333. The third kappa shape index (κ3) is 2.53. The largest absolute Gasteiger partial charge is 0.495 e. The third-order valence-corrected chi connectivity index (χ3v) is 1.81. The second-order valence-corrected chi connectivity index (χ2v) is 2.92. The molecule has 0 aromatic carbocycles. The number of hydrogen-bond acceptors (Lipinski definition) is 3. The Morgan fingerprint density at radius 2 is 2.19 bits per heavy atom. The van der Waals surface area contributed by atoms with Crippen LogP contribution < -0.4 is 10.3 Å². The molecule has 0 atom stereocenters. The zero-order valence-corrected chi connectivity index (χ0v) is 8.21. The molecular weight excluding hydrogens is 225 g/mol. The van der Waals surface area contributed by atoms with Gasteiger partial charge in [-0.15, -0.1) is 0 Å². The number of aromatic nitrogens is 1. The molecule has 0 spiro atoms. The van der Waals surface area contributed by atoms with Gasteiger partial charge in [0.2, 0.25) is 0 Å². The van der Waals surface area contributed by atoms with Crippen LogP contribution in [0.25, 0.3) is 0 Å². The molecule has 0 unspecified atom stereocenters. The Morgan fingerprint density at radius 3 is 2.62 bits per heavy atom. The summed E-state index contributed by atoms with van der Waals surface area (Å²) >= 11 is 0. The van der Waals surface area contributed by atoms with E-state index in [2.05, 4.69) is 4.74 Å². The average molecular weight is 232 g/mol. The molecule has 1 rings (SSSR count). The second kappa shape index (κ2) is 4.26. The summed E-state index contributed by atoms with van der Waals surface area (Å²) in [6.07, 6.45) is -3.57. The molecule has 86 valence electrons. The predicted molar refractivity (Wildman–Crippen MR) is 48.0 cm³/mol. The van der Waals surface area contributed by atoms with Crippen molar-refractivity contribution in [3.63, 3.8) is 0 Å². The lowest BCUT2D eigenvalue weighted by Crippen LogP contribution is -2.29. The van der Waals surface area contributed by atoms with Crippen molar-refractivity contribution in [2.24, 2.45) is 0 Å². The molecule has 0 bridgehead atoms. The topological polar surface area (TPSA) is 55.0 Å². The fourth-order valence-corrected chi connectivity index (χ4v) is 1.15. The molecule has 4 nitrogen and oxygen atoms in total. The van der Waals surface area contributed by atoms with Gasteiger partial charge in [-0.2, -0.15) is 18.4 Å². The highest BCUT2D eigenvalue weighted by molar-refractivity contribution is 5.40. The first-order valence-electron chi connectivity index (χ1n) is 4.13. The maximum absolute atomic E-state index is 12.1. The molecule has 0 aliphatic rings. The smallest absolute Gasteiger partial charge is 0.406 e. The van der Waals surface area contributed by atoms with Crippen LogP contribution >= 0.6 is 0 Å². The Kier molecular flexibility index (Phi) is 3.22. The van der Waals surface area contributed by atoms with Gasteiger partial charge in [-0.05, 0) is 6.07 Å². The van der Waals surface area contributed by atoms with Crippen molar-refractivity contribution >= 4 is 0 Å². The van der Waals surface area contributed by atoms with Gasteiger partial charge in [-0.1, -0.05) is 0 Å². The van der Waals surface area contributed by atoms with Crippen molar-refractivity contribution in [2.45, 2.75) is 12.7 Å². The van der Waals surface area contributed by atoms with Gasteiger partial charge in [0.25, 0.3) is 5.56 Å². The molecule has 1 heterocycles. The van der Waals surface area contributed by atoms with E-state index in [1.165, 1.54) is 13.2 Å². The third-order valence-electron chi connectivity index (χ3n) is 1.81. The Bertz CT molecular complexity index is 485. The quantitative estimate of drug-likeness (QED) is 0.772. The van der Waals surface area contributed by atoms with Crippen molar-refractivity contribution in [2.75, 3.05) is 7.11 Å². The standard InChI is InChI=1S/C9H7F3N2O2/c1-16-7-2-3-14(5-9(10,11)12)8(15)6(7)4-13/h2-3H,5H2,1H3. The highest BCUT2D eigenvalue weighted by atomic mass is 19.4. The molecule has 0 N–H and O–H groups in total. The van der Waals surface area contributed by atoms with Gasteiger partial charge in [0.15, 0.2) is 5.56 Å². The summed E-state index contributed by atoms with van der Waals surface area (Å²) in [7, 11) is 1.23. The molecule has 1 aromatic rings. The number of halogens is 3. The molecule has 0 radical (unpaired) electrons. The Hall–Kier alpha value is -1.97. The van der Waals surface area contributed by atoms with Gasteiger partial charge in [-0.3, -0.25) is 4.79 Å². The van der Waals surface area contributed by atoms with Gasteiger partial charge < -0.3 is 9.30 Å². The van der Waals surface area contributed by atoms with Gasteiger partial charge in [0, 0.05) is 6.20 Å². The molecule has 0 saturated carbocycles. The lowest BCUT2D eigenvalue weighted by Gasteiger charge is -2.10. The summed E-state index contributed by atoms with van der Waals surface area (Å²) in [5.74, 6) is -0.0362. The van der Waals surface area contributed by atoms with Crippen LogP contribution in [-0.4, -0.2) is 17.9 Å². The maximum Gasteiger partial charge on any atom is 0.406 e. The van der Waals surface area contributed by atoms with Crippen LogP contribution in [0.2, 0.25) is 0 Å². The summed E-state index contributed by atoms with van der Waals surface area (Å²) in [6.45, 7) is -1.43. The van der Waals surface area contributed by atoms with E-state index in [1.54, 1.807) is 0 Å². The van der Waals surface area contributed by atoms with Crippen molar-refractivity contribution in [3.8, 4) is 11.8 Å².